The van der Waals surface area contributed by atoms with Crippen LogP contribution < -0.4 is 14.9 Å². The highest BCUT2D eigenvalue weighted by Crippen LogP contribution is 2.21. The zero-order valence-electron chi connectivity index (χ0n) is 15.7. The second-order valence-electron chi connectivity index (χ2n) is 6.07. The highest BCUT2D eigenvalue weighted by molar-refractivity contribution is 5.83. The number of benzene rings is 3. The van der Waals surface area contributed by atoms with Gasteiger partial charge in [-0.25, -0.2) is 5.43 Å². The summed E-state index contributed by atoms with van der Waals surface area (Å²) in [5.41, 5.74) is 4.49. The van der Waals surface area contributed by atoms with Crippen LogP contribution in [0.2, 0.25) is 0 Å². The molecule has 3 rings (SSSR count). The molecule has 0 saturated heterocycles. The third kappa shape index (κ3) is 5.99. The highest BCUT2D eigenvalue weighted by atomic mass is 16.5. The van der Waals surface area contributed by atoms with E-state index >= 15 is 0 Å². The molecule has 0 bridgehead atoms. The van der Waals surface area contributed by atoms with Gasteiger partial charge in [-0.15, -0.1) is 0 Å². The lowest BCUT2D eigenvalue weighted by atomic mass is 10.2. The first-order chi connectivity index (χ1) is 13.7. The number of para-hydroxylation sites is 1. The van der Waals surface area contributed by atoms with Gasteiger partial charge in [-0.3, -0.25) is 4.79 Å². The fourth-order valence-corrected chi connectivity index (χ4v) is 2.46. The Morgan fingerprint density at radius 3 is 2.43 bits per heavy atom. The first-order valence-corrected chi connectivity index (χ1v) is 9.09. The first-order valence-electron chi connectivity index (χ1n) is 9.09. The van der Waals surface area contributed by atoms with Gasteiger partial charge in [0.1, 0.15) is 17.2 Å². The molecule has 5 heteroatoms. The number of hydrogen-bond acceptors (Lipinski definition) is 4. The lowest BCUT2D eigenvalue weighted by molar-refractivity contribution is -0.123. The molecule has 0 atom stereocenters. The fraction of sp³-hybridized carbons (Fsp3) is 0.130. The van der Waals surface area contributed by atoms with Gasteiger partial charge in [-0.2, -0.15) is 5.10 Å². The number of carbonyl (C=O) groups is 1. The molecule has 3 aromatic rings. The molecular weight excluding hydrogens is 352 g/mol. The highest BCUT2D eigenvalue weighted by Gasteiger charge is 2.02. The van der Waals surface area contributed by atoms with Crippen LogP contribution in [0.5, 0.6) is 17.2 Å². The summed E-state index contributed by atoms with van der Waals surface area (Å²) in [4.78, 5) is 11.9. The number of carbonyl (C=O) groups excluding carboxylic acids is 1. The van der Waals surface area contributed by atoms with Crippen molar-refractivity contribution in [2.45, 2.75) is 13.3 Å². The lowest BCUT2D eigenvalue weighted by Gasteiger charge is -2.06. The van der Waals surface area contributed by atoms with Gasteiger partial charge in [0.25, 0.3) is 5.91 Å². The molecule has 1 amide bonds. The molecule has 28 heavy (non-hydrogen) atoms. The number of rotatable bonds is 8. The minimum absolute atomic E-state index is 0.0973. The zero-order valence-corrected chi connectivity index (χ0v) is 15.7. The summed E-state index contributed by atoms with van der Waals surface area (Å²) in [6.07, 6.45) is 2.53. The Morgan fingerprint density at radius 2 is 1.68 bits per heavy atom. The Hall–Kier alpha value is -3.60. The summed E-state index contributed by atoms with van der Waals surface area (Å²) >= 11 is 0. The minimum Gasteiger partial charge on any atom is -0.484 e. The van der Waals surface area contributed by atoms with Crippen LogP contribution in [0, 0.1) is 0 Å². The first kappa shape index (κ1) is 19.2. The van der Waals surface area contributed by atoms with Gasteiger partial charge in [0.15, 0.2) is 6.61 Å². The van der Waals surface area contributed by atoms with E-state index in [-0.39, 0.29) is 12.5 Å². The van der Waals surface area contributed by atoms with Gasteiger partial charge in [0.05, 0.1) is 6.21 Å². The Bertz CT molecular complexity index is 922. The smallest absolute Gasteiger partial charge is 0.277 e. The van der Waals surface area contributed by atoms with E-state index in [9.17, 15) is 4.79 Å². The summed E-state index contributed by atoms with van der Waals surface area (Å²) in [5, 5.41) is 3.97. The number of nitrogens with zero attached hydrogens (tertiary/aromatic N) is 1. The van der Waals surface area contributed by atoms with E-state index in [2.05, 4.69) is 17.5 Å². The Balaban J connectivity index is 1.48. The van der Waals surface area contributed by atoms with Crippen molar-refractivity contribution in [1.29, 1.82) is 0 Å². The molecule has 0 aliphatic rings. The number of nitrogens with one attached hydrogen (secondary N) is 1. The molecule has 0 aliphatic heterocycles. The minimum atomic E-state index is -0.326. The Kier molecular flexibility index (Phi) is 6.79. The van der Waals surface area contributed by atoms with Gasteiger partial charge in [0, 0.05) is 0 Å². The van der Waals surface area contributed by atoms with E-state index in [0.717, 1.165) is 17.7 Å². The zero-order chi connectivity index (χ0) is 19.6. The molecule has 0 fully saturated rings. The van der Waals surface area contributed by atoms with Crippen LogP contribution in [0.4, 0.5) is 0 Å². The maximum atomic E-state index is 11.9. The Labute approximate surface area is 164 Å². The Morgan fingerprint density at radius 1 is 0.929 bits per heavy atom. The van der Waals surface area contributed by atoms with Crippen LogP contribution in [0.1, 0.15) is 18.1 Å². The van der Waals surface area contributed by atoms with Crippen molar-refractivity contribution in [1.82, 2.24) is 5.43 Å². The average molecular weight is 374 g/mol. The number of amides is 1. The van der Waals surface area contributed by atoms with Crippen molar-refractivity contribution < 1.29 is 14.3 Å². The van der Waals surface area contributed by atoms with Gasteiger partial charge < -0.3 is 9.47 Å². The van der Waals surface area contributed by atoms with E-state index in [1.165, 1.54) is 5.56 Å². The number of hydrazone groups is 1. The third-order valence-corrected chi connectivity index (χ3v) is 3.94. The van der Waals surface area contributed by atoms with Crippen molar-refractivity contribution >= 4 is 12.1 Å². The molecule has 0 aliphatic carbocycles. The van der Waals surface area contributed by atoms with Gasteiger partial charge >= 0.3 is 0 Å². The van der Waals surface area contributed by atoms with Crippen LogP contribution in [0.15, 0.2) is 84.0 Å². The van der Waals surface area contributed by atoms with Crippen molar-refractivity contribution in [3.63, 3.8) is 0 Å². The molecule has 0 unspecified atom stereocenters. The van der Waals surface area contributed by atoms with Gasteiger partial charge in [-0.1, -0.05) is 49.4 Å². The predicted octanol–water partition coefficient (Wildman–Crippen LogP) is 4.57. The predicted molar refractivity (Wildman–Crippen MR) is 110 cm³/mol. The van der Waals surface area contributed by atoms with E-state index < -0.39 is 0 Å². The molecule has 0 spiro atoms. The second-order valence-corrected chi connectivity index (χ2v) is 6.07. The summed E-state index contributed by atoms with van der Waals surface area (Å²) in [5.74, 6) is 1.78. The van der Waals surface area contributed by atoms with Crippen molar-refractivity contribution in [2.75, 3.05) is 6.61 Å². The van der Waals surface area contributed by atoms with Crippen molar-refractivity contribution in [3.8, 4) is 17.2 Å². The van der Waals surface area contributed by atoms with E-state index in [0.29, 0.717) is 11.5 Å². The SMILES string of the molecule is CCc1ccc(OCC(=O)N/N=C/c2cccc(Oc3ccccc3)c2)cc1. The molecule has 0 heterocycles. The number of hydrogen-bond donors (Lipinski definition) is 1. The molecule has 1 N–H and O–H groups in total. The number of ether oxygens (including phenoxy) is 2. The summed E-state index contributed by atoms with van der Waals surface area (Å²) in [6, 6.07) is 24.6. The van der Waals surface area contributed by atoms with Crippen LogP contribution in [0.25, 0.3) is 0 Å². The van der Waals surface area contributed by atoms with E-state index in [4.69, 9.17) is 9.47 Å². The van der Waals surface area contributed by atoms with Gasteiger partial charge in [-0.05, 0) is 53.9 Å². The van der Waals surface area contributed by atoms with Crippen LogP contribution in [-0.2, 0) is 11.2 Å². The van der Waals surface area contributed by atoms with Crippen molar-refractivity contribution in [3.05, 3.63) is 90.0 Å². The summed E-state index contributed by atoms with van der Waals surface area (Å²) in [7, 11) is 0. The topological polar surface area (TPSA) is 59.9 Å². The normalized spacial score (nSPS) is 10.6. The largest absolute Gasteiger partial charge is 0.484 e. The molecule has 0 saturated carbocycles. The summed E-state index contributed by atoms with van der Waals surface area (Å²) in [6.45, 7) is 1.99. The molecule has 0 aromatic heterocycles. The standard InChI is InChI=1S/C23H22N2O3/c1-2-18-11-13-20(14-12-18)27-17-23(26)25-24-16-19-7-6-10-22(15-19)28-21-8-4-3-5-9-21/h3-16H,2,17H2,1H3,(H,25,26)/b24-16+. The fourth-order valence-electron chi connectivity index (χ4n) is 2.46. The maximum absolute atomic E-state index is 11.9. The summed E-state index contributed by atoms with van der Waals surface area (Å²) < 4.78 is 11.2. The van der Waals surface area contributed by atoms with Crippen LogP contribution >= 0.6 is 0 Å². The van der Waals surface area contributed by atoms with Crippen LogP contribution in [-0.4, -0.2) is 18.7 Å². The maximum Gasteiger partial charge on any atom is 0.277 e. The van der Waals surface area contributed by atoms with E-state index in [1.54, 1.807) is 6.21 Å². The monoisotopic (exact) mass is 374 g/mol. The van der Waals surface area contributed by atoms with Crippen molar-refractivity contribution in [2.24, 2.45) is 5.10 Å². The lowest BCUT2D eigenvalue weighted by Crippen LogP contribution is -2.24. The quantitative estimate of drug-likeness (QED) is 0.464. The molecule has 142 valence electrons. The molecule has 3 aromatic carbocycles. The van der Waals surface area contributed by atoms with Crippen LogP contribution in [0.3, 0.4) is 0 Å². The second kappa shape index (κ2) is 9.92. The third-order valence-electron chi connectivity index (χ3n) is 3.94. The molecule has 0 radical (unpaired) electrons. The average Bonchev–Trinajstić information content (AvgIpc) is 2.74. The molecule has 5 nitrogen and oxygen atoms in total. The number of aryl methyl sites for hydroxylation is 1. The van der Waals surface area contributed by atoms with E-state index in [1.807, 2.05) is 78.9 Å². The molecular formula is C23H22N2O3. The van der Waals surface area contributed by atoms with Gasteiger partial charge in [0.2, 0.25) is 0 Å².